The van der Waals surface area contributed by atoms with Crippen molar-refractivity contribution in [1.29, 1.82) is 0 Å². The fourth-order valence-corrected chi connectivity index (χ4v) is 6.32. The van der Waals surface area contributed by atoms with Crippen molar-refractivity contribution < 1.29 is 4.79 Å². The zero-order valence-corrected chi connectivity index (χ0v) is 21.8. The fraction of sp³-hybridized carbons (Fsp3) is 0.500. The van der Waals surface area contributed by atoms with E-state index in [1.165, 1.54) is 37.8 Å². The highest BCUT2D eigenvalue weighted by molar-refractivity contribution is 5.99. The maximum Gasteiger partial charge on any atom is 0.263 e. The van der Waals surface area contributed by atoms with Crippen molar-refractivity contribution in [3.63, 3.8) is 0 Å². The van der Waals surface area contributed by atoms with Crippen LogP contribution in [0.4, 0.5) is 11.6 Å². The molecule has 1 unspecified atom stereocenters. The van der Waals surface area contributed by atoms with Crippen molar-refractivity contribution in [2.24, 2.45) is 5.92 Å². The van der Waals surface area contributed by atoms with E-state index in [4.69, 9.17) is 4.98 Å². The van der Waals surface area contributed by atoms with Gasteiger partial charge in [0.25, 0.3) is 11.5 Å². The van der Waals surface area contributed by atoms with E-state index in [1.807, 2.05) is 24.3 Å². The second kappa shape index (κ2) is 10.3. The number of fused-ring (bicyclic) bond motifs is 2. The van der Waals surface area contributed by atoms with Crippen LogP contribution in [0.1, 0.15) is 56.6 Å². The number of rotatable bonds is 6. The average molecular weight is 500 g/mol. The molecule has 37 heavy (non-hydrogen) atoms. The maximum atomic E-state index is 13.8. The molecule has 194 valence electrons. The smallest absolute Gasteiger partial charge is 0.263 e. The molecule has 2 aliphatic heterocycles. The number of piperazine rings is 1. The minimum atomic E-state index is -0.467. The van der Waals surface area contributed by atoms with Crippen LogP contribution in [0.2, 0.25) is 0 Å². The molecule has 1 aliphatic carbocycles. The minimum absolute atomic E-state index is 0.00106. The molecule has 2 aromatic carbocycles. The normalized spacial score (nSPS) is 21.1. The van der Waals surface area contributed by atoms with Gasteiger partial charge in [0.15, 0.2) is 0 Å². The highest BCUT2D eigenvalue weighted by Crippen LogP contribution is 2.36. The molecule has 2 fully saturated rings. The third-order valence-electron chi connectivity index (χ3n) is 8.61. The van der Waals surface area contributed by atoms with Gasteiger partial charge in [0.05, 0.1) is 17.4 Å². The van der Waals surface area contributed by atoms with E-state index in [0.717, 1.165) is 38.2 Å². The third kappa shape index (κ3) is 4.77. The van der Waals surface area contributed by atoms with Gasteiger partial charge in [-0.3, -0.25) is 19.1 Å². The predicted octanol–water partition coefficient (Wildman–Crippen LogP) is 4.60. The van der Waals surface area contributed by atoms with Crippen molar-refractivity contribution in [1.82, 2.24) is 14.5 Å². The highest BCUT2D eigenvalue weighted by atomic mass is 16.2. The number of hydrogen-bond acceptors (Lipinski definition) is 5. The summed E-state index contributed by atoms with van der Waals surface area (Å²) in [6.07, 6.45) is 8.05. The Morgan fingerprint density at radius 1 is 0.865 bits per heavy atom. The van der Waals surface area contributed by atoms with Crippen LogP contribution >= 0.6 is 0 Å². The van der Waals surface area contributed by atoms with Crippen LogP contribution in [0.15, 0.2) is 53.3 Å². The van der Waals surface area contributed by atoms with Crippen LogP contribution in [0, 0.1) is 5.92 Å². The third-order valence-corrected chi connectivity index (χ3v) is 8.61. The first-order valence-corrected chi connectivity index (χ1v) is 13.9. The first-order chi connectivity index (χ1) is 18.1. The fourth-order valence-electron chi connectivity index (χ4n) is 6.32. The summed E-state index contributed by atoms with van der Waals surface area (Å²) in [5, 5.41) is 0.583. The summed E-state index contributed by atoms with van der Waals surface area (Å²) in [6.45, 7) is 4.61. The molecular weight excluding hydrogens is 462 g/mol. The van der Waals surface area contributed by atoms with Gasteiger partial charge in [-0.25, -0.2) is 4.98 Å². The van der Waals surface area contributed by atoms with Crippen molar-refractivity contribution >= 4 is 28.4 Å². The Hall–Kier alpha value is -3.19. The van der Waals surface area contributed by atoms with Crippen LogP contribution in [0.5, 0.6) is 0 Å². The summed E-state index contributed by atoms with van der Waals surface area (Å²) in [4.78, 5) is 38.8. The SMILES string of the molecule is CN1CCN(c2ccc(CN3C(=O)C(CCC4CCCCC4)n4c3nc3ccccc3c4=O)cc2)CC1. The summed E-state index contributed by atoms with van der Waals surface area (Å²) >= 11 is 0. The first-order valence-electron chi connectivity index (χ1n) is 13.9. The Kier molecular flexibility index (Phi) is 6.72. The summed E-state index contributed by atoms with van der Waals surface area (Å²) < 4.78 is 1.69. The predicted molar refractivity (Wildman–Crippen MR) is 148 cm³/mol. The molecule has 1 saturated carbocycles. The van der Waals surface area contributed by atoms with Crippen molar-refractivity contribution in [3.8, 4) is 0 Å². The number of carbonyl (C=O) groups is 1. The zero-order valence-electron chi connectivity index (χ0n) is 21.8. The molecule has 0 spiro atoms. The van der Waals surface area contributed by atoms with Gasteiger partial charge in [-0.2, -0.15) is 0 Å². The van der Waals surface area contributed by atoms with E-state index in [-0.39, 0.29) is 11.5 Å². The molecule has 7 heteroatoms. The molecule has 1 saturated heterocycles. The van der Waals surface area contributed by atoms with E-state index in [1.54, 1.807) is 9.47 Å². The van der Waals surface area contributed by atoms with Crippen molar-refractivity contribution in [2.75, 3.05) is 43.0 Å². The minimum Gasteiger partial charge on any atom is -0.369 e. The second-order valence-electron chi connectivity index (χ2n) is 11.1. The molecule has 0 bridgehead atoms. The maximum absolute atomic E-state index is 13.8. The number of carbonyl (C=O) groups excluding carboxylic acids is 1. The number of hydrogen-bond donors (Lipinski definition) is 0. The number of likely N-dealkylation sites (N-methyl/N-ethyl adjacent to an activating group) is 1. The van der Waals surface area contributed by atoms with E-state index in [2.05, 4.69) is 41.1 Å². The quantitative estimate of drug-likeness (QED) is 0.496. The van der Waals surface area contributed by atoms with Crippen LogP contribution in [0.25, 0.3) is 10.9 Å². The van der Waals surface area contributed by atoms with E-state index >= 15 is 0 Å². The van der Waals surface area contributed by atoms with Gasteiger partial charge in [-0.15, -0.1) is 0 Å². The molecular formula is C30H37N5O2. The van der Waals surface area contributed by atoms with Gasteiger partial charge in [0.1, 0.15) is 6.04 Å². The molecule has 7 nitrogen and oxygen atoms in total. The number of para-hydroxylation sites is 1. The molecule has 1 amide bonds. The first kappa shape index (κ1) is 24.2. The van der Waals surface area contributed by atoms with Gasteiger partial charge >= 0.3 is 0 Å². The summed E-state index contributed by atoms with van der Waals surface area (Å²) in [6, 6.07) is 15.5. The lowest BCUT2D eigenvalue weighted by atomic mass is 9.85. The number of benzene rings is 2. The molecule has 3 aromatic rings. The Morgan fingerprint density at radius 2 is 1.59 bits per heavy atom. The van der Waals surface area contributed by atoms with Gasteiger partial charge in [-0.05, 0) is 55.6 Å². The molecule has 6 rings (SSSR count). The Balaban J connectivity index is 1.27. The topological polar surface area (TPSA) is 61.7 Å². The number of anilines is 2. The van der Waals surface area contributed by atoms with E-state index < -0.39 is 6.04 Å². The molecule has 0 radical (unpaired) electrons. The zero-order chi connectivity index (χ0) is 25.4. The van der Waals surface area contributed by atoms with Gasteiger partial charge in [0.2, 0.25) is 5.95 Å². The lowest BCUT2D eigenvalue weighted by Gasteiger charge is -2.34. The lowest BCUT2D eigenvalue weighted by Crippen LogP contribution is -2.44. The standard InChI is InChI=1S/C30H37N5O2/c1-32-17-19-33(20-18-32)24-14-11-23(12-15-24)21-34-29(37)27(16-13-22-7-3-2-4-8-22)35-28(36)25-9-5-6-10-26(25)31-30(34)35/h5-6,9-12,14-15,22,27H,2-4,7-8,13,16-21H2,1H3. The Bertz CT molecular complexity index is 1320. The Morgan fingerprint density at radius 3 is 2.35 bits per heavy atom. The average Bonchev–Trinajstić information content (AvgIpc) is 3.19. The van der Waals surface area contributed by atoms with Gasteiger partial charge in [0, 0.05) is 31.9 Å². The summed E-state index contributed by atoms with van der Waals surface area (Å²) in [5.74, 6) is 1.15. The van der Waals surface area contributed by atoms with E-state index in [0.29, 0.717) is 35.7 Å². The largest absolute Gasteiger partial charge is 0.369 e. The number of amides is 1. The summed E-state index contributed by atoms with van der Waals surface area (Å²) in [7, 11) is 2.16. The number of nitrogens with zero attached hydrogens (tertiary/aromatic N) is 5. The lowest BCUT2D eigenvalue weighted by molar-refractivity contribution is -0.120. The van der Waals surface area contributed by atoms with Crippen LogP contribution in [0.3, 0.4) is 0 Å². The second-order valence-corrected chi connectivity index (χ2v) is 11.1. The van der Waals surface area contributed by atoms with Crippen LogP contribution in [-0.4, -0.2) is 53.6 Å². The van der Waals surface area contributed by atoms with Crippen molar-refractivity contribution in [2.45, 2.75) is 57.5 Å². The summed E-state index contributed by atoms with van der Waals surface area (Å²) in [5.41, 5.74) is 2.81. The van der Waals surface area contributed by atoms with Crippen LogP contribution in [-0.2, 0) is 11.3 Å². The van der Waals surface area contributed by atoms with Gasteiger partial charge in [-0.1, -0.05) is 56.4 Å². The Labute approximate surface area is 218 Å². The van der Waals surface area contributed by atoms with Crippen molar-refractivity contribution in [3.05, 3.63) is 64.4 Å². The van der Waals surface area contributed by atoms with Gasteiger partial charge < -0.3 is 9.80 Å². The molecule has 3 heterocycles. The van der Waals surface area contributed by atoms with Crippen LogP contribution < -0.4 is 15.4 Å². The monoisotopic (exact) mass is 499 g/mol. The molecule has 1 atom stereocenters. The molecule has 0 N–H and O–H groups in total. The van der Waals surface area contributed by atoms with E-state index in [9.17, 15) is 9.59 Å². The highest BCUT2D eigenvalue weighted by Gasteiger charge is 2.39. The molecule has 3 aliphatic rings. The molecule has 1 aromatic heterocycles. The number of aromatic nitrogens is 2.